The molecule has 7 nitrogen and oxygen atoms in total. The fraction of sp³-hybridized carbons (Fsp3) is 0.300. The minimum atomic E-state index is -4.51. The van der Waals surface area contributed by atoms with Crippen molar-refractivity contribution in [3.05, 3.63) is 53.6 Å². The Bertz CT molecular complexity index is 901. The second-order valence-corrected chi connectivity index (χ2v) is 6.53. The number of ether oxygens (including phenoxy) is 1. The summed E-state index contributed by atoms with van der Waals surface area (Å²) in [5.41, 5.74) is 0.388. The summed E-state index contributed by atoms with van der Waals surface area (Å²) in [5, 5.41) is 7.59. The van der Waals surface area contributed by atoms with Crippen molar-refractivity contribution in [2.24, 2.45) is 0 Å². The predicted molar refractivity (Wildman–Crippen MR) is 109 cm³/mol. The number of hydrogen-bond acceptors (Lipinski definition) is 4. The molecule has 3 N–H and O–H groups in total. The van der Waals surface area contributed by atoms with Crippen molar-refractivity contribution < 1.29 is 27.5 Å². The molecule has 0 unspecified atom stereocenters. The van der Waals surface area contributed by atoms with E-state index in [9.17, 15) is 22.8 Å². The smallest absolute Gasteiger partial charge is 0.383 e. The van der Waals surface area contributed by atoms with E-state index in [4.69, 9.17) is 4.74 Å². The van der Waals surface area contributed by atoms with Gasteiger partial charge in [-0.3, -0.25) is 4.79 Å². The van der Waals surface area contributed by atoms with Crippen molar-refractivity contribution in [3.8, 4) is 0 Å². The lowest BCUT2D eigenvalue weighted by atomic mass is 10.1. The summed E-state index contributed by atoms with van der Waals surface area (Å²) in [5.74, 6) is -0.349. The van der Waals surface area contributed by atoms with Crippen LogP contribution in [0.2, 0.25) is 0 Å². The van der Waals surface area contributed by atoms with Crippen LogP contribution in [0.5, 0.6) is 0 Å². The Morgan fingerprint density at radius 2 is 1.70 bits per heavy atom. The number of hydrogen-bond donors (Lipinski definition) is 3. The van der Waals surface area contributed by atoms with Gasteiger partial charge >= 0.3 is 12.2 Å². The molecule has 0 spiro atoms. The van der Waals surface area contributed by atoms with Gasteiger partial charge in [-0.1, -0.05) is 6.07 Å². The summed E-state index contributed by atoms with van der Waals surface area (Å²) in [6, 6.07) is 8.30. The topological polar surface area (TPSA) is 82.7 Å². The van der Waals surface area contributed by atoms with Gasteiger partial charge in [-0.25, -0.2) is 4.79 Å². The molecule has 0 atom stereocenters. The first-order valence-electron chi connectivity index (χ1n) is 8.95. The average Bonchev–Trinajstić information content (AvgIpc) is 2.67. The van der Waals surface area contributed by atoms with E-state index < -0.39 is 17.8 Å². The third kappa shape index (κ3) is 6.38. The minimum absolute atomic E-state index is 0.00947. The van der Waals surface area contributed by atoms with Crippen LogP contribution in [-0.4, -0.2) is 46.3 Å². The Kier molecular flexibility index (Phi) is 7.65. The molecular formula is C20H23F3N4O3. The zero-order valence-electron chi connectivity index (χ0n) is 16.8. The van der Waals surface area contributed by atoms with Crippen molar-refractivity contribution in [2.45, 2.75) is 6.18 Å². The number of nitrogens with one attached hydrogen (secondary N) is 3. The number of halogens is 3. The molecular weight excluding hydrogens is 401 g/mol. The van der Waals surface area contributed by atoms with Crippen LogP contribution in [0.1, 0.15) is 15.9 Å². The summed E-state index contributed by atoms with van der Waals surface area (Å²) >= 11 is 0. The van der Waals surface area contributed by atoms with Crippen LogP contribution < -0.4 is 20.9 Å². The quantitative estimate of drug-likeness (QED) is 0.591. The van der Waals surface area contributed by atoms with Gasteiger partial charge in [0.05, 0.1) is 17.7 Å². The van der Waals surface area contributed by atoms with E-state index in [1.807, 2.05) is 0 Å². The summed E-state index contributed by atoms with van der Waals surface area (Å²) in [4.78, 5) is 26.4. The molecule has 0 aliphatic rings. The Balaban J connectivity index is 2.15. The molecule has 0 radical (unpaired) electrons. The van der Waals surface area contributed by atoms with Crippen LogP contribution in [0.3, 0.4) is 0 Å². The lowest BCUT2D eigenvalue weighted by Gasteiger charge is -2.18. The number of methoxy groups -OCH3 is 1. The number of rotatable bonds is 7. The van der Waals surface area contributed by atoms with E-state index in [1.54, 1.807) is 31.1 Å². The number of benzene rings is 2. The van der Waals surface area contributed by atoms with Gasteiger partial charge < -0.3 is 25.6 Å². The molecule has 0 fully saturated rings. The van der Waals surface area contributed by atoms with Crippen molar-refractivity contribution in [2.75, 3.05) is 49.9 Å². The standard InChI is InChI=1S/C20H23F3N4O3/c1-27(2)17-8-7-15(12-16(17)18(28)24-9-10-30-3)26-19(29)25-14-6-4-5-13(11-14)20(21,22)23/h4-8,11-12H,9-10H2,1-3H3,(H,24,28)(H2,25,26,29). The third-order valence-electron chi connectivity index (χ3n) is 4.02. The zero-order valence-corrected chi connectivity index (χ0v) is 16.8. The highest BCUT2D eigenvalue weighted by atomic mass is 19.4. The van der Waals surface area contributed by atoms with Crippen molar-refractivity contribution in [1.82, 2.24) is 5.32 Å². The van der Waals surface area contributed by atoms with Gasteiger partial charge in [0.15, 0.2) is 0 Å². The SMILES string of the molecule is COCCNC(=O)c1cc(NC(=O)Nc2cccc(C(F)(F)F)c2)ccc1N(C)C. The number of nitrogens with zero attached hydrogens (tertiary/aromatic N) is 1. The Morgan fingerprint density at radius 3 is 2.30 bits per heavy atom. The predicted octanol–water partition coefficient (Wildman–Crippen LogP) is 3.79. The van der Waals surface area contributed by atoms with Gasteiger partial charge in [0, 0.05) is 44.8 Å². The normalized spacial score (nSPS) is 11.0. The van der Waals surface area contributed by atoms with Gasteiger partial charge in [0.1, 0.15) is 0 Å². The number of urea groups is 1. The molecule has 10 heteroatoms. The molecule has 0 aromatic heterocycles. The van der Waals surface area contributed by atoms with E-state index in [0.717, 1.165) is 12.1 Å². The second kappa shape index (κ2) is 9.97. The number of carbonyl (C=O) groups excluding carboxylic acids is 2. The average molecular weight is 424 g/mol. The van der Waals surface area contributed by atoms with Crippen LogP contribution in [0.15, 0.2) is 42.5 Å². The number of alkyl halides is 3. The van der Waals surface area contributed by atoms with E-state index in [2.05, 4.69) is 16.0 Å². The van der Waals surface area contributed by atoms with E-state index in [-0.39, 0.29) is 11.6 Å². The first-order chi connectivity index (χ1) is 14.1. The summed E-state index contributed by atoms with van der Waals surface area (Å²) < 4.78 is 43.3. The molecule has 2 aromatic rings. The van der Waals surface area contributed by atoms with Crippen molar-refractivity contribution in [1.29, 1.82) is 0 Å². The van der Waals surface area contributed by atoms with Gasteiger partial charge in [0.2, 0.25) is 0 Å². The van der Waals surface area contributed by atoms with Crippen molar-refractivity contribution >= 4 is 29.0 Å². The molecule has 0 saturated carbocycles. The largest absolute Gasteiger partial charge is 0.416 e. The number of carbonyl (C=O) groups is 2. The maximum absolute atomic E-state index is 12.8. The fourth-order valence-electron chi connectivity index (χ4n) is 2.61. The molecule has 2 aromatic carbocycles. The molecule has 0 saturated heterocycles. The highest BCUT2D eigenvalue weighted by Crippen LogP contribution is 2.30. The Hall–Kier alpha value is -3.27. The highest BCUT2D eigenvalue weighted by molar-refractivity contribution is 6.04. The molecule has 0 heterocycles. The van der Waals surface area contributed by atoms with Crippen LogP contribution in [0.25, 0.3) is 0 Å². The molecule has 30 heavy (non-hydrogen) atoms. The highest BCUT2D eigenvalue weighted by Gasteiger charge is 2.30. The first kappa shape index (κ1) is 23.0. The minimum Gasteiger partial charge on any atom is -0.383 e. The monoisotopic (exact) mass is 424 g/mol. The van der Waals surface area contributed by atoms with Gasteiger partial charge in [0.25, 0.3) is 5.91 Å². The van der Waals surface area contributed by atoms with E-state index >= 15 is 0 Å². The molecule has 0 bridgehead atoms. The van der Waals surface area contributed by atoms with Crippen LogP contribution in [0, 0.1) is 0 Å². The van der Waals surface area contributed by atoms with Crippen LogP contribution in [-0.2, 0) is 10.9 Å². The molecule has 0 aliphatic carbocycles. The second-order valence-electron chi connectivity index (χ2n) is 6.53. The summed E-state index contributed by atoms with van der Waals surface area (Å²) in [6.07, 6.45) is -4.51. The van der Waals surface area contributed by atoms with Crippen LogP contribution in [0.4, 0.5) is 35.0 Å². The first-order valence-corrected chi connectivity index (χ1v) is 8.95. The van der Waals surface area contributed by atoms with Gasteiger partial charge in [-0.05, 0) is 36.4 Å². The number of anilines is 3. The maximum Gasteiger partial charge on any atom is 0.416 e. The van der Waals surface area contributed by atoms with E-state index in [0.29, 0.717) is 30.1 Å². The third-order valence-corrected chi connectivity index (χ3v) is 4.02. The zero-order chi connectivity index (χ0) is 22.3. The number of amides is 3. The Labute approximate surface area is 172 Å². The lowest BCUT2D eigenvalue weighted by molar-refractivity contribution is -0.137. The summed E-state index contributed by atoms with van der Waals surface area (Å²) in [6.45, 7) is 0.663. The lowest BCUT2D eigenvalue weighted by Crippen LogP contribution is -2.29. The van der Waals surface area contributed by atoms with E-state index in [1.165, 1.54) is 25.3 Å². The Morgan fingerprint density at radius 1 is 1.03 bits per heavy atom. The van der Waals surface area contributed by atoms with Crippen molar-refractivity contribution in [3.63, 3.8) is 0 Å². The molecule has 3 amide bonds. The maximum atomic E-state index is 12.8. The molecule has 2 rings (SSSR count). The fourth-order valence-corrected chi connectivity index (χ4v) is 2.61. The summed E-state index contributed by atoms with van der Waals surface area (Å²) in [7, 11) is 5.06. The van der Waals surface area contributed by atoms with Gasteiger partial charge in [-0.2, -0.15) is 13.2 Å². The molecule has 162 valence electrons. The van der Waals surface area contributed by atoms with Crippen LogP contribution >= 0.6 is 0 Å². The molecule has 0 aliphatic heterocycles. The van der Waals surface area contributed by atoms with Gasteiger partial charge in [-0.15, -0.1) is 0 Å².